The maximum absolute atomic E-state index is 11.8. The first-order chi connectivity index (χ1) is 9.90. The van der Waals surface area contributed by atoms with Crippen LogP contribution >= 0.6 is 0 Å². The van der Waals surface area contributed by atoms with Crippen LogP contribution in [0.4, 0.5) is 0 Å². The third kappa shape index (κ3) is 4.41. The number of hydrogen-bond donors (Lipinski definition) is 1. The van der Waals surface area contributed by atoms with E-state index in [1.165, 1.54) is 14.2 Å². The summed E-state index contributed by atoms with van der Waals surface area (Å²) in [6, 6.07) is 3.31. The number of phenols is 1. The van der Waals surface area contributed by atoms with Gasteiger partial charge in [-0.25, -0.2) is 4.79 Å². The highest BCUT2D eigenvalue weighted by Gasteiger charge is 2.14. The molecule has 0 aliphatic rings. The van der Waals surface area contributed by atoms with Crippen molar-refractivity contribution in [2.24, 2.45) is 5.92 Å². The normalized spacial score (nSPS) is 11.4. The van der Waals surface area contributed by atoms with Gasteiger partial charge < -0.3 is 19.3 Å². The SMILES string of the molecule is COc1ccc(/C=C(\C)C(=O)OCC(C)C)c(OC)c1O. The molecular weight excluding hydrogens is 272 g/mol. The second-order valence-corrected chi connectivity index (χ2v) is 5.06. The fraction of sp³-hybridized carbons (Fsp3) is 0.438. The van der Waals surface area contributed by atoms with E-state index < -0.39 is 0 Å². The predicted octanol–water partition coefficient (Wildman–Crippen LogP) is 3.01. The Labute approximate surface area is 125 Å². The van der Waals surface area contributed by atoms with Crippen LogP contribution in [-0.2, 0) is 9.53 Å². The molecule has 0 bridgehead atoms. The van der Waals surface area contributed by atoms with Crippen LogP contribution in [0.1, 0.15) is 26.3 Å². The molecule has 0 heterocycles. The molecule has 116 valence electrons. The van der Waals surface area contributed by atoms with Crippen molar-refractivity contribution in [2.75, 3.05) is 20.8 Å². The smallest absolute Gasteiger partial charge is 0.333 e. The average Bonchev–Trinajstić information content (AvgIpc) is 2.45. The average molecular weight is 294 g/mol. The molecule has 0 aliphatic carbocycles. The van der Waals surface area contributed by atoms with Crippen molar-refractivity contribution in [2.45, 2.75) is 20.8 Å². The summed E-state index contributed by atoms with van der Waals surface area (Å²) >= 11 is 0. The topological polar surface area (TPSA) is 65.0 Å². The summed E-state index contributed by atoms with van der Waals surface area (Å²) in [5.74, 6) is 0.355. The number of ether oxygens (including phenoxy) is 3. The maximum Gasteiger partial charge on any atom is 0.333 e. The number of esters is 1. The zero-order valence-electron chi connectivity index (χ0n) is 13.1. The molecule has 0 saturated carbocycles. The van der Waals surface area contributed by atoms with Crippen LogP contribution in [0.25, 0.3) is 6.08 Å². The van der Waals surface area contributed by atoms with Crippen molar-refractivity contribution in [3.05, 3.63) is 23.3 Å². The summed E-state index contributed by atoms with van der Waals surface area (Å²) in [6.07, 6.45) is 1.61. The molecule has 0 saturated heterocycles. The van der Waals surface area contributed by atoms with Crippen molar-refractivity contribution >= 4 is 12.0 Å². The van der Waals surface area contributed by atoms with Gasteiger partial charge in [0, 0.05) is 11.1 Å². The maximum atomic E-state index is 11.8. The van der Waals surface area contributed by atoms with Gasteiger partial charge in [-0.3, -0.25) is 0 Å². The molecule has 0 spiro atoms. The van der Waals surface area contributed by atoms with E-state index in [4.69, 9.17) is 14.2 Å². The molecule has 1 aromatic rings. The molecule has 5 nitrogen and oxygen atoms in total. The Kier molecular flexibility index (Phi) is 6.09. The zero-order valence-corrected chi connectivity index (χ0v) is 13.1. The minimum Gasteiger partial charge on any atom is -0.502 e. The molecule has 0 aromatic heterocycles. The van der Waals surface area contributed by atoms with Gasteiger partial charge in [-0.05, 0) is 31.1 Å². The van der Waals surface area contributed by atoms with Gasteiger partial charge in [0.15, 0.2) is 11.5 Å². The van der Waals surface area contributed by atoms with Gasteiger partial charge in [-0.1, -0.05) is 13.8 Å². The zero-order chi connectivity index (χ0) is 16.0. The van der Waals surface area contributed by atoms with Crippen LogP contribution < -0.4 is 9.47 Å². The van der Waals surface area contributed by atoms with Crippen molar-refractivity contribution in [1.82, 2.24) is 0 Å². The monoisotopic (exact) mass is 294 g/mol. The fourth-order valence-electron chi connectivity index (χ4n) is 1.71. The number of aromatic hydroxyl groups is 1. The molecule has 0 unspecified atom stereocenters. The quantitative estimate of drug-likeness (QED) is 0.645. The van der Waals surface area contributed by atoms with Crippen LogP contribution in [0.5, 0.6) is 17.2 Å². The van der Waals surface area contributed by atoms with E-state index in [1.54, 1.807) is 25.1 Å². The Balaban J connectivity index is 3.03. The second kappa shape index (κ2) is 7.57. The molecule has 0 amide bonds. The molecule has 1 N–H and O–H groups in total. The number of hydrogen-bond acceptors (Lipinski definition) is 5. The molecule has 1 rings (SSSR count). The summed E-state index contributed by atoms with van der Waals surface area (Å²) in [6.45, 7) is 5.96. The van der Waals surface area contributed by atoms with Gasteiger partial charge in [0.25, 0.3) is 0 Å². The van der Waals surface area contributed by atoms with Gasteiger partial charge >= 0.3 is 5.97 Å². The van der Waals surface area contributed by atoms with Crippen LogP contribution in [0, 0.1) is 5.92 Å². The van der Waals surface area contributed by atoms with E-state index in [2.05, 4.69) is 0 Å². The lowest BCUT2D eigenvalue weighted by Gasteiger charge is -2.12. The third-order valence-electron chi connectivity index (χ3n) is 2.79. The molecule has 0 aliphatic heterocycles. The van der Waals surface area contributed by atoms with E-state index in [0.29, 0.717) is 23.5 Å². The number of phenolic OH excluding ortho intramolecular Hbond substituents is 1. The number of carbonyl (C=O) groups is 1. The van der Waals surface area contributed by atoms with Gasteiger partial charge in [-0.15, -0.1) is 0 Å². The Bertz CT molecular complexity index is 532. The fourth-order valence-corrected chi connectivity index (χ4v) is 1.71. The Morgan fingerprint density at radius 3 is 2.48 bits per heavy atom. The summed E-state index contributed by atoms with van der Waals surface area (Å²) in [5, 5.41) is 10.0. The van der Waals surface area contributed by atoms with Gasteiger partial charge in [0.05, 0.1) is 20.8 Å². The first-order valence-corrected chi connectivity index (χ1v) is 6.70. The standard InChI is InChI=1S/C16H22O5/c1-10(2)9-21-16(18)11(3)8-12-6-7-13(19-4)14(17)15(12)20-5/h6-8,10,17H,9H2,1-5H3/b11-8+. The van der Waals surface area contributed by atoms with E-state index in [1.807, 2.05) is 13.8 Å². The van der Waals surface area contributed by atoms with E-state index in [9.17, 15) is 9.90 Å². The number of benzene rings is 1. The molecule has 1 aromatic carbocycles. The Morgan fingerprint density at radius 1 is 1.29 bits per heavy atom. The van der Waals surface area contributed by atoms with Crippen molar-refractivity contribution in [3.63, 3.8) is 0 Å². The van der Waals surface area contributed by atoms with Gasteiger partial charge in [0.2, 0.25) is 5.75 Å². The lowest BCUT2D eigenvalue weighted by atomic mass is 10.1. The summed E-state index contributed by atoms with van der Waals surface area (Å²) in [4.78, 5) is 11.8. The van der Waals surface area contributed by atoms with Crippen molar-refractivity contribution in [1.29, 1.82) is 0 Å². The van der Waals surface area contributed by atoms with Crippen LogP contribution in [0.2, 0.25) is 0 Å². The minimum absolute atomic E-state index is 0.0999. The lowest BCUT2D eigenvalue weighted by molar-refractivity contribution is -0.139. The summed E-state index contributed by atoms with van der Waals surface area (Å²) in [7, 11) is 2.90. The highest BCUT2D eigenvalue weighted by molar-refractivity contribution is 5.93. The van der Waals surface area contributed by atoms with E-state index in [0.717, 1.165) is 0 Å². The van der Waals surface area contributed by atoms with Crippen molar-refractivity contribution < 1.29 is 24.1 Å². The van der Waals surface area contributed by atoms with Gasteiger partial charge in [-0.2, -0.15) is 0 Å². The first-order valence-electron chi connectivity index (χ1n) is 6.70. The molecule has 5 heteroatoms. The molecule has 0 radical (unpaired) electrons. The predicted molar refractivity (Wildman–Crippen MR) is 80.7 cm³/mol. The largest absolute Gasteiger partial charge is 0.502 e. The number of methoxy groups -OCH3 is 2. The minimum atomic E-state index is -0.388. The Hall–Kier alpha value is -2.17. The Morgan fingerprint density at radius 2 is 1.95 bits per heavy atom. The molecule has 21 heavy (non-hydrogen) atoms. The van der Waals surface area contributed by atoms with E-state index >= 15 is 0 Å². The third-order valence-corrected chi connectivity index (χ3v) is 2.79. The number of carbonyl (C=O) groups excluding carboxylic acids is 1. The highest BCUT2D eigenvalue weighted by Crippen LogP contribution is 2.39. The second-order valence-electron chi connectivity index (χ2n) is 5.06. The van der Waals surface area contributed by atoms with Crippen LogP contribution in [0.15, 0.2) is 17.7 Å². The lowest BCUT2D eigenvalue weighted by Crippen LogP contribution is -2.10. The van der Waals surface area contributed by atoms with Gasteiger partial charge in [0.1, 0.15) is 0 Å². The summed E-state index contributed by atoms with van der Waals surface area (Å²) < 4.78 is 15.3. The molecular formula is C16H22O5. The van der Waals surface area contributed by atoms with E-state index in [-0.39, 0.29) is 23.4 Å². The van der Waals surface area contributed by atoms with Crippen molar-refractivity contribution in [3.8, 4) is 17.2 Å². The molecule has 0 fully saturated rings. The van der Waals surface area contributed by atoms with Crippen LogP contribution in [-0.4, -0.2) is 31.9 Å². The summed E-state index contributed by atoms with van der Waals surface area (Å²) in [5.41, 5.74) is 1.01. The number of rotatable bonds is 6. The molecule has 0 atom stereocenters. The van der Waals surface area contributed by atoms with Crippen LogP contribution in [0.3, 0.4) is 0 Å². The first kappa shape index (κ1) is 16.9. The highest BCUT2D eigenvalue weighted by atomic mass is 16.5.